The molecule has 1 aromatic carbocycles. The lowest BCUT2D eigenvalue weighted by molar-refractivity contribution is 0.0697. The molecule has 0 aliphatic carbocycles. The zero-order valence-electron chi connectivity index (χ0n) is 9.53. The van der Waals surface area contributed by atoms with Gasteiger partial charge in [-0.25, -0.2) is 4.79 Å². The third kappa shape index (κ3) is 1.83. The molecule has 2 rings (SSSR count). The first kappa shape index (κ1) is 10.8. The summed E-state index contributed by atoms with van der Waals surface area (Å²) in [6.45, 7) is 3.05. The number of hydrogen-bond donors (Lipinski definition) is 2. The molecule has 4 heteroatoms. The Hall–Kier alpha value is -1.71. The van der Waals surface area contributed by atoms with Crippen LogP contribution in [0.1, 0.15) is 23.7 Å². The maximum atomic E-state index is 10.9. The molecule has 0 amide bonds. The molecule has 1 aliphatic rings. The lowest BCUT2D eigenvalue weighted by atomic mass is 10.1. The molecule has 0 saturated heterocycles. The van der Waals surface area contributed by atoms with Gasteiger partial charge in [-0.2, -0.15) is 0 Å². The van der Waals surface area contributed by atoms with E-state index in [9.17, 15) is 4.79 Å². The lowest BCUT2D eigenvalue weighted by Gasteiger charge is -2.25. The van der Waals surface area contributed by atoms with Crippen LogP contribution in [-0.4, -0.2) is 30.7 Å². The molecule has 2 N–H and O–H groups in total. The van der Waals surface area contributed by atoms with Crippen LogP contribution in [0.5, 0.6) is 0 Å². The Balaban J connectivity index is 2.43. The molecular formula is C12H16N2O2. The van der Waals surface area contributed by atoms with Gasteiger partial charge in [-0.05, 0) is 31.5 Å². The van der Waals surface area contributed by atoms with Gasteiger partial charge in [0.15, 0.2) is 0 Å². The average Bonchev–Trinajstić information content (AvgIpc) is 2.40. The minimum Gasteiger partial charge on any atom is -0.478 e. The highest BCUT2D eigenvalue weighted by Gasteiger charge is 2.18. The predicted molar refractivity (Wildman–Crippen MR) is 64.4 cm³/mol. The smallest absolute Gasteiger partial charge is 0.335 e. The summed E-state index contributed by atoms with van der Waals surface area (Å²) in [6, 6.07) is 5.68. The second kappa shape index (κ2) is 4.04. The highest BCUT2D eigenvalue weighted by molar-refractivity contribution is 5.91. The van der Waals surface area contributed by atoms with E-state index in [-0.39, 0.29) is 0 Å². The van der Waals surface area contributed by atoms with Gasteiger partial charge in [0.1, 0.15) is 0 Å². The fraction of sp³-hybridized carbons (Fsp3) is 0.417. The van der Waals surface area contributed by atoms with Crippen molar-refractivity contribution in [2.75, 3.05) is 23.8 Å². The van der Waals surface area contributed by atoms with Gasteiger partial charge < -0.3 is 15.3 Å². The molecule has 0 radical (unpaired) electrons. The third-order valence-electron chi connectivity index (χ3n) is 3.16. The molecule has 1 atom stereocenters. The molecule has 0 aromatic heterocycles. The molecule has 0 bridgehead atoms. The van der Waals surface area contributed by atoms with Crippen molar-refractivity contribution >= 4 is 17.3 Å². The number of nitrogens with one attached hydrogen (secondary N) is 1. The van der Waals surface area contributed by atoms with E-state index in [2.05, 4.69) is 17.1 Å². The lowest BCUT2D eigenvalue weighted by Crippen LogP contribution is -2.28. The Labute approximate surface area is 94.9 Å². The van der Waals surface area contributed by atoms with E-state index in [4.69, 9.17) is 5.11 Å². The molecule has 86 valence electrons. The zero-order chi connectivity index (χ0) is 11.7. The van der Waals surface area contributed by atoms with Gasteiger partial charge in [-0.15, -0.1) is 0 Å². The maximum Gasteiger partial charge on any atom is 0.335 e. The number of aromatic carboxylic acids is 1. The molecule has 4 nitrogen and oxygen atoms in total. The molecule has 1 unspecified atom stereocenters. The fourth-order valence-corrected chi connectivity index (χ4v) is 1.97. The van der Waals surface area contributed by atoms with Crippen LogP contribution in [0.2, 0.25) is 0 Å². The van der Waals surface area contributed by atoms with Crippen molar-refractivity contribution < 1.29 is 9.90 Å². The summed E-state index contributed by atoms with van der Waals surface area (Å²) < 4.78 is 0. The van der Waals surface area contributed by atoms with Crippen LogP contribution in [0.4, 0.5) is 11.4 Å². The second-order valence-electron chi connectivity index (χ2n) is 4.21. The van der Waals surface area contributed by atoms with Crippen LogP contribution in [0.3, 0.4) is 0 Å². The van der Waals surface area contributed by atoms with Crippen molar-refractivity contribution in [2.45, 2.75) is 19.4 Å². The summed E-state index contributed by atoms with van der Waals surface area (Å²) in [5.74, 6) is -0.885. The van der Waals surface area contributed by atoms with E-state index >= 15 is 0 Å². The highest BCUT2D eigenvalue weighted by Crippen LogP contribution is 2.30. The Kier molecular flexibility index (Phi) is 2.73. The van der Waals surface area contributed by atoms with E-state index in [1.807, 2.05) is 13.1 Å². The van der Waals surface area contributed by atoms with Crippen molar-refractivity contribution in [1.82, 2.24) is 0 Å². The SMILES string of the molecule is CC1CCNc2cc(C(=O)O)ccc2N1C. The Morgan fingerprint density at radius 2 is 2.31 bits per heavy atom. The van der Waals surface area contributed by atoms with E-state index < -0.39 is 5.97 Å². The molecule has 0 spiro atoms. The van der Waals surface area contributed by atoms with Crippen LogP contribution in [-0.2, 0) is 0 Å². The van der Waals surface area contributed by atoms with Crippen molar-refractivity contribution in [3.63, 3.8) is 0 Å². The second-order valence-corrected chi connectivity index (χ2v) is 4.21. The van der Waals surface area contributed by atoms with Gasteiger partial charge >= 0.3 is 5.97 Å². The van der Waals surface area contributed by atoms with Gasteiger partial charge in [0.25, 0.3) is 0 Å². The summed E-state index contributed by atoms with van der Waals surface area (Å²) in [4.78, 5) is 13.1. The van der Waals surface area contributed by atoms with Crippen LogP contribution >= 0.6 is 0 Å². The van der Waals surface area contributed by atoms with Gasteiger partial charge in [-0.1, -0.05) is 0 Å². The summed E-state index contributed by atoms with van der Waals surface area (Å²) in [5.41, 5.74) is 2.30. The fourth-order valence-electron chi connectivity index (χ4n) is 1.97. The molecule has 1 aliphatic heterocycles. The van der Waals surface area contributed by atoms with Crippen LogP contribution in [0.25, 0.3) is 0 Å². The molecule has 1 heterocycles. The Morgan fingerprint density at radius 1 is 1.56 bits per heavy atom. The molecular weight excluding hydrogens is 204 g/mol. The minimum atomic E-state index is -0.885. The summed E-state index contributed by atoms with van der Waals surface area (Å²) in [6.07, 6.45) is 1.05. The van der Waals surface area contributed by atoms with E-state index in [1.54, 1.807) is 12.1 Å². The number of hydrogen-bond acceptors (Lipinski definition) is 3. The zero-order valence-corrected chi connectivity index (χ0v) is 9.53. The van der Waals surface area contributed by atoms with Crippen molar-refractivity contribution in [3.05, 3.63) is 23.8 Å². The Bertz CT molecular complexity index is 417. The van der Waals surface area contributed by atoms with Gasteiger partial charge in [-0.3, -0.25) is 0 Å². The van der Waals surface area contributed by atoms with Crippen molar-refractivity contribution in [3.8, 4) is 0 Å². The molecule has 1 aromatic rings. The molecule has 0 fully saturated rings. The van der Waals surface area contributed by atoms with Gasteiger partial charge in [0, 0.05) is 19.6 Å². The number of nitrogens with zero attached hydrogens (tertiary/aromatic N) is 1. The number of carbonyl (C=O) groups is 1. The number of carboxylic acid groups (broad SMARTS) is 1. The first-order valence-electron chi connectivity index (χ1n) is 5.43. The summed E-state index contributed by atoms with van der Waals surface area (Å²) in [7, 11) is 2.04. The normalized spacial score (nSPS) is 19.6. The standard InChI is InChI=1S/C12H16N2O2/c1-8-5-6-13-10-7-9(12(15)16)3-4-11(10)14(8)2/h3-4,7-8,13H,5-6H2,1-2H3,(H,15,16). The summed E-state index contributed by atoms with van der Waals surface area (Å²) >= 11 is 0. The van der Waals surface area contributed by atoms with Gasteiger partial charge in [0.2, 0.25) is 0 Å². The Morgan fingerprint density at radius 3 is 3.00 bits per heavy atom. The van der Waals surface area contributed by atoms with Crippen LogP contribution in [0, 0.1) is 0 Å². The first-order chi connectivity index (χ1) is 7.59. The topological polar surface area (TPSA) is 52.6 Å². The van der Waals surface area contributed by atoms with Crippen LogP contribution in [0.15, 0.2) is 18.2 Å². The van der Waals surface area contributed by atoms with Gasteiger partial charge in [0.05, 0.1) is 16.9 Å². The summed E-state index contributed by atoms with van der Waals surface area (Å²) in [5, 5.41) is 12.2. The minimum absolute atomic E-state index is 0.328. The molecule has 16 heavy (non-hydrogen) atoms. The van der Waals surface area contributed by atoms with Crippen molar-refractivity contribution in [1.29, 1.82) is 0 Å². The van der Waals surface area contributed by atoms with Crippen molar-refractivity contribution in [2.24, 2.45) is 0 Å². The number of anilines is 2. The quantitative estimate of drug-likeness (QED) is 0.760. The molecule has 0 saturated carbocycles. The maximum absolute atomic E-state index is 10.9. The number of benzene rings is 1. The number of fused-ring (bicyclic) bond motifs is 1. The van der Waals surface area contributed by atoms with E-state index in [0.29, 0.717) is 11.6 Å². The predicted octanol–water partition coefficient (Wildman–Crippen LogP) is 2.03. The largest absolute Gasteiger partial charge is 0.478 e. The number of carboxylic acids is 1. The van der Waals surface area contributed by atoms with Crippen LogP contribution < -0.4 is 10.2 Å². The highest BCUT2D eigenvalue weighted by atomic mass is 16.4. The van der Waals surface area contributed by atoms with E-state index in [0.717, 1.165) is 24.3 Å². The van der Waals surface area contributed by atoms with E-state index in [1.165, 1.54) is 0 Å². The average molecular weight is 220 g/mol. The monoisotopic (exact) mass is 220 g/mol. The number of rotatable bonds is 1. The third-order valence-corrected chi connectivity index (χ3v) is 3.16. The first-order valence-corrected chi connectivity index (χ1v) is 5.43.